The van der Waals surface area contributed by atoms with Gasteiger partial charge in [0.05, 0.1) is 10.0 Å². The zero-order chi connectivity index (χ0) is 13.1. The Morgan fingerprint density at radius 3 is 2.67 bits per heavy atom. The van der Waals surface area contributed by atoms with Crippen LogP contribution in [0.4, 0.5) is 10.2 Å². The van der Waals surface area contributed by atoms with Gasteiger partial charge in [-0.05, 0) is 30.3 Å². The molecular formula is C12H7Cl2FN2O. The summed E-state index contributed by atoms with van der Waals surface area (Å²) < 4.78 is 13.0. The summed E-state index contributed by atoms with van der Waals surface area (Å²) >= 11 is 11.4. The summed E-state index contributed by atoms with van der Waals surface area (Å²) in [6.07, 6.45) is 1.50. The molecule has 0 bridgehead atoms. The third kappa shape index (κ3) is 2.78. The zero-order valence-electron chi connectivity index (χ0n) is 8.95. The number of carbonyl (C=O) groups excluding carboxylic acids is 1. The van der Waals surface area contributed by atoms with Crippen molar-refractivity contribution < 1.29 is 9.18 Å². The first kappa shape index (κ1) is 12.8. The van der Waals surface area contributed by atoms with Crippen molar-refractivity contribution in [2.45, 2.75) is 0 Å². The maximum absolute atomic E-state index is 13.0. The summed E-state index contributed by atoms with van der Waals surface area (Å²) in [6.45, 7) is 0. The number of anilines is 1. The number of benzene rings is 1. The maximum atomic E-state index is 13.0. The van der Waals surface area contributed by atoms with E-state index in [1.165, 1.54) is 18.3 Å². The van der Waals surface area contributed by atoms with E-state index in [4.69, 9.17) is 23.2 Å². The number of hydrogen-bond donors (Lipinski definition) is 1. The largest absolute Gasteiger partial charge is 0.305 e. The first-order valence-corrected chi connectivity index (χ1v) is 5.70. The Morgan fingerprint density at radius 1 is 1.22 bits per heavy atom. The Labute approximate surface area is 113 Å². The van der Waals surface area contributed by atoms with Crippen LogP contribution in [0.3, 0.4) is 0 Å². The van der Waals surface area contributed by atoms with Crippen molar-refractivity contribution in [1.29, 1.82) is 0 Å². The van der Waals surface area contributed by atoms with E-state index in [2.05, 4.69) is 10.3 Å². The predicted octanol–water partition coefficient (Wildman–Crippen LogP) is 3.78. The second kappa shape index (κ2) is 5.33. The van der Waals surface area contributed by atoms with Crippen LogP contribution in [-0.2, 0) is 0 Å². The van der Waals surface area contributed by atoms with E-state index in [1.807, 2.05) is 0 Å². The van der Waals surface area contributed by atoms with Crippen molar-refractivity contribution in [2.75, 3.05) is 5.32 Å². The van der Waals surface area contributed by atoms with Gasteiger partial charge in [0, 0.05) is 11.8 Å². The van der Waals surface area contributed by atoms with Crippen LogP contribution in [0.1, 0.15) is 10.4 Å². The maximum Gasteiger partial charge on any atom is 0.256 e. The van der Waals surface area contributed by atoms with Crippen LogP contribution < -0.4 is 5.32 Å². The Balaban J connectivity index is 2.22. The Morgan fingerprint density at radius 2 is 2.00 bits per heavy atom. The van der Waals surface area contributed by atoms with Crippen molar-refractivity contribution in [1.82, 2.24) is 4.98 Å². The Bertz CT molecular complexity index is 604. The third-order valence-electron chi connectivity index (χ3n) is 2.17. The van der Waals surface area contributed by atoms with Gasteiger partial charge in [-0.25, -0.2) is 9.37 Å². The fourth-order valence-electron chi connectivity index (χ4n) is 1.29. The molecule has 1 amide bonds. The van der Waals surface area contributed by atoms with Gasteiger partial charge in [-0.2, -0.15) is 0 Å². The molecule has 6 heteroatoms. The first-order valence-electron chi connectivity index (χ1n) is 4.95. The molecule has 0 radical (unpaired) electrons. The van der Waals surface area contributed by atoms with Gasteiger partial charge < -0.3 is 5.32 Å². The van der Waals surface area contributed by atoms with Crippen LogP contribution in [0.5, 0.6) is 0 Å². The lowest BCUT2D eigenvalue weighted by atomic mass is 10.2. The molecule has 0 saturated heterocycles. The van der Waals surface area contributed by atoms with Crippen LogP contribution in [0.25, 0.3) is 0 Å². The fourth-order valence-corrected chi connectivity index (χ4v) is 1.64. The third-order valence-corrected chi connectivity index (χ3v) is 2.77. The molecule has 0 unspecified atom stereocenters. The minimum Gasteiger partial charge on any atom is -0.305 e. The van der Waals surface area contributed by atoms with E-state index < -0.39 is 11.7 Å². The number of nitrogens with zero attached hydrogens (tertiary/aromatic N) is 1. The number of amides is 1. The summed E-state index contributed by atoms with van der Waals surface area (Å²) in [6, 6.07) is 6.93. The summed E-state index contributed by atoms with van der Waals surface area (Å²) in [5.41, 5.74) is 0.225. The molecule has 2 rings (SSSR count). The second-order valence-corrected chi connectivity index (χ2v) is 4.23. The highest BCUT2D eigenvalue weighted by atomic mass is 35.5. The average Bonchev–Trinajstić information content (AvgIpc) is 2.35. The number of aromatic nitrogens is 1. The number of carbonyl (C=O) groups is 1. The lowest BCUT2D eigenvalue weighted by Gasteiger charge is -2.06. The highest BCUT2D eigenvalue weighted by Crippen LogP contribution is 2.20. The smallest absolute Gasteiger partial charge is 0.256 e. The second-order valence-electron chi connectivity index (χ2n) is 3.42. The number of nitrogens with one attached hydrogen (secondary N) is 1. The van der Waals surface area contributed by atoms with Gasteiger partial charge in [-0.3, -0.25) is 4.79 Å². The van der Waals surface area contributed by atoms with Crippen LogP contribution in [0.2, 0.25) is 10.0 Å². The molecule has 0 fully saturated rings. The summed E-state index contributed by atoms with van der Waals surface area (Å²) in [7, 11) is 0. The molecule has 2 aromatic rings. The lowest BCUT2D eigenvalue weighted by molar-refractivity contribution is 0.102. The summed E-state index contributed by atoms with van der Waals surface area (Å²) in [4.78, 5) is 15.8. The monoisotopic (exact) mass is 284 g/mol. The van der Waals surface area contributed by atoms with E-state index >= 15 is 0 Å². The van der Waals surface area contributed by atoms with E-state index in [-0.39, 0.29) is 16.4 Å². The molecule has 92 valence electrons. The molecule has 3 nitrogen and oxygen atoms in total. The number of hydrogen-bond acceptors (Lipinski definition) is 2. The summed E-state index contributed by atoms with van der Waals surface area (Å²) in [5.74, 6) is -0.800. The van der Waals surface area contributed by atoms with Gasteiger partial charge in [0.25, 0.3) is 5.91 Å². The molecule has 1 N–H and O–H groups in total. The van der Waals surface area contributed by atoms with Crippen molar-refractivity contribution >= 4 is 34.9 Å². The van der Waals surface area contributed by atoms with Crippen LogP contribution >= 0.6 is 23.2 Å². The van der Waals surface area contributed by atoms with Gasteiger partial charge in [0.2, 0.25) is 0 Å². The lowest BCUT2D eigenvalue weighted by Crippen LogP contribution is -2.13. The topological polar surface area (TPSA) is 42.0 Å². The van der Waals surface area contributed by atoms with Gasteiger partial charge in [-0.1, -0.05) is 23.2 Å². The molecule has 0 spiro atoms. The van der Waals surface area contributed by atoms with Crippen molar-refractivity contribution in [3.63, 3.8) is 0 Å². The molecule has 1 aromatic heterocycles. The van der Waals surface area contributed by atoms with E-state index in [0.717, 1.165) is 6.07 Å². The van der Waals surface area contributed by atoms with Gasteiger partial charge >= 0.3 is 0 Å². The van der Waals surface area contributed by atoms with Crippen LogP contribution in [0.15, 0.2) is 36.5 Å². The molecule has 1 heterocycles. The number of halogens is 3. The molecule has 0 aliphatic heterocycles. The fraction of sp³-hybridized carbons (Fsp3) is 0. The van der Waals surface area contributed by atoms with Gasteiger partial charge in [0.1, 0.15) is 5.82 Å². The molecule has 0 aliphatic carbocycles. The Hall–Kier alpha value is -1.65. The normalized spacial score (nSPS) is 10.2. The average molecular weight is 285 g/mol. The van der Waals surface area contributed by atoms with E-state index in [0.29, 0.717) is 5.02 Å². The quantitative estimate of drug-likeness (QED) is 0.912. The van der Waals surface area contributed by atoms with Crippen molar-refractivity contribution in [3.8, 4) is 0 Å². The highest BCUT2D eigenvalue weighted by Gasteiger charge is 2.11. The van der Waals surface area contributed by atoms with Crippen LogP contribution in [0, 0.1) is 5.82 Å². The van der Waals surface area contributed by atoms with Crippen molar-refractivity contribution in [3.05, 3.63) is 58.0 Å². The molecule has 1 aromatic carbocycles. The molecular weight excluding hydrogens is 278 g/mol. The molecule has 0 saturated carbocycles. The molecule has 0 aliphatic rings. The predicted molar refractivity (Wildman–Crippen MR) is 68.6 cm³/mol. The van der Waals surface area contributed by atoms with Crippen LogP contribution in [-0.4, -0.2) is 10.9 Å². The summed E-state index contributed by atoms with van der Waals surface area (Å²) in [5, 5.41) is 2.71. The minimum absolute atomic E-state index is 0.116. The molecule has 0 atom stereocenters. The number of rotatable bonds is 2. The SMILES string of the molecule is O=C(Nc1ncccc1Cl)c1ccc(F)c(Cl)c1. The molecule has 18 heavy (non-hydrogen) atoms. The number of pyridine rings is 1. The standard InChI is InChI=1S/C12H7Cl2FN2O/c13-8-2-1-5-16-11(8)17-12(18)7-3-4-10(15)9(14)6-7/h1-6H,(H,16,17,18). The Kier molecular flexibility index (Phi) is 3.79. The first-order chi connectivity index (χ1) is 8.58. The van der Waals surface area contributed by atoms with E-state index in [9.17, 15) is 9.18 Å². The van der Waals surface area contributed by atoms with Crippen molar-refractivity contribution in [2.24, 2.45) is 0 Å². The zero-order valence-corrected chi connectivity index (χ0v) is 10.5. The highest BCUT2D eigenvalue weighted by molar-refractivity contribution is 6.33. The van der Waals surface area contributed by atoms with E-state index in [1.54, 1.807) is 12.1 Å². The van der Waals surface area contributed by atoms with Gasteiger partial charge in [0.15, 0.2) is 5.82 Å². The minimum atomic E-state index is -0.580. The van der Waals surface area contributed by atoms with Gasteiger partial charge in [-0.15, -0.1) is 0 Å².